The van der Waals surface area contributed by atoms with Gasteiger partial charge >= 0.3 is 5.97 Å². The lowest BCUT2D eigenvalue weighted by Crippen LogP contribution is -2.00. The van der Waals surface area contributed by atoms with Gasteiger partial charge in [0.1, 0.15) is 0 Å². The highest BCUT2D eigenvalue weighted by Gasteiger charge is 2.12. The molecule has 0 saturated heterocycles. The molecule has 0 fully saturated rings. The Bertz CT molecular complexity index is 347. The first-order chi connectivity index (χ1) is 6.25. The van der Waals surface area contributed by atoms with Crippen LogP contribution in [0.5, 0.6) is 0 Å². The molecular formula is C10H10O2S. The predicted molar refractivity (Wildman–Crippen MR) is 52.2 cm³/mol. The van der Waals surface area contributed by atoms with Crippen LogP contribution in [0.1, 0.15) is 11.1 Å². The zero-order valence-electron chi connectivity index (χ0n) is 7.12. The molecule has 13 heavy (non-hydrogen) atoms. The molecule has 0 spiro atoms. The van der Waals surface area contributed by atoms with Crippen molar-refractivity contribution in [1.29, 1.82) is 0 Å². The maximum Gasteiger partial charge on any atom is 0.307 e. The summed E-state index contributed by atoms with van der Waals surface area (Å²) in [6, 6.07) is 5.96. The van der Waals surface area contributed by atoms with E-state index in [4.69, 9.17) is 5.11 Å². The molecule has 2 rings (SSSR count). The molecule has 0 amide bonds. The smallest absolute Gasteiger partial charge is 0.307 e. The number of thioether (sulfide) groups is 1. The van der Waals surface area contributed by atoms with Gasteiger partial charge in [0.2, 0.25) is 0 Å². The lowest BCUT2D eigenvalue weighted by Gasteiger charge is -2.00. The molecule has 1 aliphatic heterocycles. The van der Waals surface area contributed by atoms with Crippen molar-refractivity contribution in [1.82, 2.24) is 0 Å². The van der Waals surface area contributed by atoms with Gasteiger partial charge in [-0.1, -0.05) is 12.1 Å². The largest absolute Gasteiger partial charge is 0.481 e. The molecular weight excluding hydrogens is 184 g/mol. The molecule has 0 saturated carbocycles. The number of rotatable bonds is 2. The number of carbonyl (C=O) groups is 1. The van der Waals surface area contributed by atoms with E-state index in [1.807, 2.05) is 30.0 Å². The van der Waals surface area contributed by atoms with Gasteiger partial charge in [-0.25, -0.2) is 0 Å². The van der Waals surface area contributed by atoms with Gasteiger partial charge < -0.3 is 5.11 Å². The lowest BCUT2D eigenvalue weighted by molar-refractivity contribution is -0.136. The summed E-state index contributed by atoms with van der Waals surface area (Å²) in [5.74, 6) is 0.372. The number of aliphatic carboxylic acids is 1. The molecule has 2 nitrogen and oxygen atoms in total. The quantitative estimate of drug-likeness (QED) is 0.782. The molecule has 68 valence electrons. The fourth-order valence-electron chi connectivity index (χ4n) is 1.52. The minimum atomic E-state index is -0.759. The monoisotopic (exact) mass is 194 g/mol. The molecule has 1 aromatic rings. The Morgan fingerprint density at radius 3 is 3.15 bits per heavy atom. The van der Waals surface area contributed by atoms with Crippen LogP contribution in [0.3, 0.4) is 0 Å². The third kappa shape index (κ3) is 1.86. The summed E-state index contributed by atoms with van der Waals surface area (Å²) in [6.07, 6.45) is 1.21. The van der Waals surface area contributed by atoms with E-state index >= 15 is 0 Å². The molecule has 1 aliphatic rings. The molecule has 0 aliphatic carbocycles. The van der Waals surface area contributed by atoms with Gasteiger partial charge in [-0.3, -0.25) is 4.79 Å². The molecule has 0 bridgehead atoms. The second kappa shape index (κ2) is 3.42. The van der Waals surface area contributed by atoms with Gasteiger partial charge in [0.15, 0.2) is 0 Å². The van der Waals surface area contributed by atoms with Gasteiger partial charge in [-0.2, -0.15) is 0 Å². The Kier molecular flexibility index (Phi) is 2.27. The van der Waals surface area contributed by atoms with Crippen LogP contribution in [-0.2, 0) is 17.6 Å². The van der Waals surface area contributed by atoms with Crippen molar-refractivity contribution < 1.29 is 9.90 Å². The molecule has 0 aromatic heterocycles. The average molecular weight is 194 g/mol. The van der Waals surface area contributed by atoms with Crippen molar-refractivity contribution in [3.8, 4) is 0 Å². The van der Waals surface area contributed by atoms with Crippen molar-refractivity contribution in [3.05, 3.63) is 29.3 Å². The zero-order valence-corrected chi connectivity index (χ0v) is 7.93. The van der Waals surface area contributed by atoms with Gasteiger partial charge in [0, 0.05) is 10.6 Å². The van der Waals surface area contributed by atoms with Gasteiger partial charge in [0.25, 0.3) is 0 Å². The highest BCUT2D eigenvalue weighted by Crippen LogP contribution is 2.31. The molecule has 0 atom stereocenters. The maximum absolute atomic E-state index is 10.5. The van der Waals surface area contributed by atoms with Crippen LogP contribution in [0.4, 0.5) is 0 Å². The number of aryl methyl sites for hydroxylation is 1. The van der Waals surface area contributed by atoms with Gasteiger partial charge in [-0.15, -0.1) is 11.8 Å². The molecule has 1 heterocycles. The first kappa shape index (κ1) is 8.63. The van der Waals surface area contributed by atoms with Crippen LogP contribution in [0, 0.1) is 0 Å². The molecule has 0 radical (unpaired) electrons. The van der Waals surface area contributed by atoms with Gasteiger partial charge in [-0.05, 0) is 23.6 Å². The fraction of sp³-hybridized carbons (Fsp3) is 0.300. The fourth-order valence-corrected chi connectivity index (χ4v) is 2.58. The number of carboxylic acids is 1. The minimum absolute atomic E-state index is 0.137. The van der Waals surface area contributed by atoms with Crippen molar-refractivity contribution in [2.75, 3.05) is 5.75 Å². The maximum atomic E-state index is 10.5. The summed E-state index contributed by atoms with van der Waals surface area (Å²) < 4.78 is 0. The standard InChI is InChI=1S/C10H10O2S/c11-10(12)6-7-1-2-9-8(5-7)3-4-13-9/h1-2,5H,3-4,6H2,(H,11,12). The van der Waals surface area contributed by atoms with Crippen LogP contribution in [0.15, 0.2) is 23.1 Å². The number of hydrogen-bond acceptors (Lipinski definition) is 2. The van der Waals surface area contributed by atoms with Crippen molar-refractivity contribution in [2.45, 2.75) is 17.7 Å². The lowest BCUT2D eigenvalue weighted by atomic mass is 10.1. The summed E-state index contributed by atoms with van der Waals surface area (Å²) >= 11 is 1.85. The van der Waals surface area contributed by atoms with Crippen molar-refractivity contribution in [3.63, 3.8) is 0 Å². The zero-order chi connectivity index (χ0) is 9.26. The topological polar surface area (TPSA) is 37.3 Å². The SMILES string of the molecule is O=C(O)Cc1ccc2c(c1)CCS2. The van der Waals surface area contributed by atoms with E-state index in [1.165, 1.54) is 10.5 Å². The van der Waals surface area contributed by atoms with Crippen LogP contribution in [0.2, 0.25) is 0 Å². The predicted octanol–water partition coefficient (Wildman–Crippen LogP) is 1.96. The third-order valence-electron chi connectivity index (χ3n) is 2.11. The van der Waals surface area contributed by atoms with Gasteiger partial charge in [0.05, 0.1) is 6.42 Å². The van der Waals surface area contributed by atoms with E-state index in [1.54, 1.807) is 0 Å². The Morgan fingerprint density at radius 1 is 1.54 bits per heavy atom. The van der Waals surface area contributed by atoms with E-state index in [0.717, 1.165) is 17.7 Å². The first-order valence-corrected chi connectivity index (χ1v) is 5.20. The Hall–Kier alpha value is -0.960. The van der Waals surface area contributed by atoms with E-state index in [9.17, 15) is 4.79 Å². The van der Waals surface area contributed by atoms with Crippen LogP contribution < -0.4 is 0 Å². The summed E-state index contributed by atoms with van der Waals surface area (Å²) in [7, 11) is 0. The Morgan fingerprint density at radius 2 is 2.38 bits per heavy atom. The number of fused-ring (bicyclic) bond motifs is 1. The van der Waals surface area contributed by atoms with E-state index in [2.05, 4.69) is 0 Å². The van der Waals surface area contributed by atoms with Crippen LogP contribution in [-0.4, -0.2) is 16.8 Å². The third-order valence-corrected chi connectivity index (χ3v) is 3.23. The first-order valence-electron chi connectivity index (χ1n) is 4.22. The second-order valence-electron chi connectivity index (χ2n) is 3.11. The molecule has 0 unspecified atom stereocenters. The highest BCUT2D eigenvalue weighted by molar-refractivity contribution is 7.99. The van der Waals surface area contributed by atoms with Crippen molar-refractivity contribution >= 4 is 17.7 Å². The van der Waals surface area contributed by atoms with Crippen molar-refractivity contribution in [2.24, 2.45) is 0 Å². The number of benzene rings is 1. The van der Waals surface area contributed by atoms with E-state index in [0.29, 0.717) is 0 Å². The van der Waals surface area contributed by atoms with Crippen LogP contribution >= 0.6 is 11.8 Å². The summed E-state index contributed by atoms with van der Waals surface area (Å²) in [4.78, 5) is 11.8. The molecule has 3 heteroatoms. The second-order valence-corrected chi connectivity index (χ2v) is 4.25. The molecule has 1 N–H and O–H groups in total. The van der Waals surface area contributed by atoms with E-state index < -0.39 is 5.97 Å². The summed E-state index contributed by atoms with van der Waals surface area (Å²) in [6.45, 7) is 0. The Balaban J connectivity index is 2.25. The molecule has 1 aromatic carbocycles. The summed E-state index contributed by atoms with van der Waals surface area (Å²) in [5.41, 5.74) is 2.22. The van der Waals surface area contributed by atoms with Crippen LogP contribution in [0.25, 0.3) is 0 Å². The normalized spacial score (nSPS) is 14.2. The Labute approximate surface area is 81.0 Å². The average Bonchev–Trinajstić information content (AvgIpc) is 2.49. The summed E-state index contributed by atoms with van der Waals surface area (Å²) in [5, 5.41) is 8.61. The number of carboxylic acid groups (broad SMARTS) is 1. The highest BCUT2D eigenvalue weighted by atomic mass is 32.2. The van der Waals surface area contributed by atoms with E-state index in [-0.39, 0.29) is 6.42 Å². The number of hydrogen-bond donors (Lipinski definition) is 1. The minimum Gasteiger partial charge on any atom is -0.481 e.